The van der Waals surface area contributed by atoms with Crippen molar-refractivity contribution in [1.29, 1.82) is 0 Å². The van der Waals surface area contributed by atoms with E-state index in [-0.39, 0.29) is 5.54 Å². The van der Waals surface area contributed by atoms with E-state index in [1.807, 2.05) is 0 Å². The quantitative estimate of drug-likeness (QED) is 0.848. The fraction of sp³-hybridized carbons (Fsp3) is 1.00. The molecule has 0 amide bonds. The molecule has 112 valence electrons. The summed E-state index contributed by atoms with van der Waals surface area (Å²) < 4.78 is 5.88. The highest BCUT2D eigenvalue weighted by molar-refractivity contribution is 5.05. The maximum Gasteiger partial charge on any atom is 0.0655 e. The van der Waals surface area contributed by atoms with Gasteiger partial charge in [-0.1, -0.05) is 20.8 Å². The zero-order valence-electron chi connectivity index (χ0n) is 13.5. The predicted molar refractivity (Wildman–Crippen MR) is 80.5 cm³/mol. The number of hydrogen-bond acceptors (Lipinski definition) is 3. The topological polar surface area (TPSA) is 24.5 Å². The van der Waals surface area contributed by atoms with Crippen LogP contribution in [0, 0.1) is 5.41 Å². The molecule has 19 heavy (non-hydrogen) atoms. The van der Waals surface area contributed by atoms with Crippen LogP contribution in [0.15, 0.2) is 0 Å². The number of hydrogen-bond donors (Lipinski definition) is 1. The highest BCUT2D eigenvalue weighted by Crippen LogP contribution is 2.46. The highest BCUT2D eigenvalue weighted by Gasteiger charge is 2.52. The summed E-state index contributed by atoms with van der Waals surface area (Å²) in [6.45, 7) is 15.9. The third kappa shape index (κ3) is 2.98. The van der Waals surface area contributed by atoms with Gasteiger partial charge in [-0.3, -0.25) is 4.90 Å². The monoisotopic (exact) mass is 268 g/mol. The minimum atomic E-state index is 0.281. The molecule has 3 unspecified atom stereocenters. The molecule has 1 aliphatic heterocycles. The van der Waals surface area contributed by atoms with Crippen LogP contribution in [0.1, 0.15) is 53.9 Å². The SMILES string of the molecule is CCOC1CC(N2CCCNC(C)(CC)C2)C1(C)C. The Bertz CT molecular complexity index is 305. The summed E-state index contributed by atoms with van der Waals surface area (Å²) >= 11 is 0. The van der Waals surface area contributed by atoms with E-state index in [0.717, 1.165) is 13.2 Å². The molecule has 3 nitrogen and oxygen atoms in total. The Morgan fingerprint density at radius 2 is 2.00 bits per heavy atom. The van der Waals surface area contributed by atoms with E-state index in [1.165, 1.54) is 32.4 Å². The molecule has 1 saturated heterocycles. The molecular formula is C16H32N2O. The molecule has 0 aromatic heterocycles. The second-order valence-electron chi connectivity index (χ2n) is 7.18. The average Bonchev–Trinajstić information content (AvgIpc) is 2.56. The molecule has 2 rings (SSSR count). The van der Waals surface area contributed by atoms with E-state index in [1.54, 1.807) is 0 Å². The van der Waals surface area contributed by atoms with Crippen LogP contribution in [-0.4, -0.2) is 48.8 Å². The van der Waals surface area contributed by atoms with Crippen LogP contribution >= 0.6 is 0 Å². The Morgan fingerprint density at radius 3 is 2.58 bits per heavy atom. The summed E-state index contributed by atoms with van der Waals surface area (Å²) in [6.07, 6.45) is 4.12. The molecule has 3 heteroatoms. The minimum Gasteiger partial charge on any atom is -0.378 e. The van der Waals surface area contributed by atoms with Crippen LogP contribution in [0.5, 0.6) is 0 Å². The summed E-state index contributed by atoms with van der Waals surface area (Å²) in [5.41, 5.74) is 0.582. The maximum absolute atomic E-state index is 5.88. The number of ether oxygens (including phenoxy) is 1. The largest absolute Gasteiger partial charge is 0.378 e. The van der Waals surface area contributed by atoms with Crippen LogP contribution < -0.4 is 5.32 Å². The summed E-state index contributed by atoms with van der Waals surface area (Å²) in [5.74, 6) is 0. The Kier molecular flexibility index (Phi) is 4.59. The van der Waals surface area contributed by atoms with E-state index in [9.17, 15) is 0 Å². The molecular weight excluding hydrogens is 236 g/mol. The van der Waals surface area contributed by atoms with Crippen molar-refractivity contribution in [2.24, 2.45) is 5.41 Å². The van der Waals surface area contributed by atoms with Crippen molar-refractivity contribution >= 4 is 0 Å². The van der Waals surface area contributed by atoms with Gasteiger partial charge in [0.05, 0.1) is 6.10 Å². The van der Waals surface area contributed by atoms with Gasteiger partial charge in [-0.25, -0.2) is 0 Å². The summed E-state index contributed by atoms with van der Waals surface area (Å²) in [5, 5.41) is 3.73. The van der Waals surface area contributed by atoms with Crippen LogP contribution in [-0.2, 0) is 4.74 Å². The van der Waals surface area contributed by atoms with Crippen molar-refractivity contribution < 1.29 is 4.74 Å². The second kappa shape index (κ2) is 5.71. The van der Waals surface area contributed by atoms with Crippen LogP contribution in [0.25, 0.3) is 0 Å². The van der Waals surface area contributed by atoms with Gasteiger partial charge in [-0.2, -0.15) is 0 Å². The van der Waals surface area contributed by atoms with Gasteiger partial charge in [-0.15, -0.1) is 0 Å². The fourth-order valence-corrected chi connectivity index (χ4v) is 3.73. The van der Waals surface area contributed by atoms with Crippen LogP contribution in [0.3, 0.4) is 0 Å². The predicted octanol–water partition coefficient (Wildman–Crippen LogP) is 2.65. The first-order chi connectivity index (χ1) is 8.93. The van der Waals surface area contributed by atoms with Crippen LogP contribution in [0.4, 0.5) is 0 Å². The van der Waals surface area contributed by atoms with Crippen LogP contribution in [0.2, 0.25) is 0 Å². The Hall–Kier alpha value is -0.120. The second-order valence-corrected chi connectivity index (χ2v) is 7.18. The lowest BCUT2D eigenvalue weighted by Gasteiger charge is -2.56. The van der Waals surface area contributed by atoms with Crippen molar-refractivity contribution in [2.75, 3.05) is 26.2 Å². The zero-order chi connectivity index (χ0) is 14.1. The molecule has 1 aliphatic carbocycles. The van der Waals surface area contributed by atoms with E-state index in [0.29, 0.717) is 17.6 Å². The minimum absolute atomic E-state index is 0.281. The third-order valence-electron chi connectivity index (χ3n) is 5.44. The molecule has 3 atom stereocenters. The van der Waals surface area contributed by atoms with Crippen molar-refractivity contribution in [1.82, 2.24) is 10.2 Å². The van der Waals surface area contributed by atoms with E-state index >= 15 is 0 Å². The van der Waals surface area contributed by atoms with Crippen molar-refractivity contribution in [2.45, 2.75) is 71.6 Å². The van der Waals surface area contributed by atoms with Crippen molar-refractivity contribution in [3.8, 4) is 0 Å². The van der Waals surface area contributed by atoms with Gasteiger partial charge in [0.25, 0.3) is 0 Å². The van der Waals surface area contributed by atoms with Gasteiger partial charge >= 0.3 is 0 Å². The Balaban J connectivity index is 2.02. The molecule has 1 heterocycles. The molecule has 1 N–H and O–H groups in total. The standard InChI is InChI=1S/C16H32N2O/c1-6-16(5)12-18(10-8-9-17-16)13-11-14(19-7-2)15(13,3)4/h13-14,17H,6-12H2,1-5H3. The molecule has 0 aromatic rings. The summed E-state index contributed by atoms with van der Waals surface area (Å²) in [6, 6.07) is 0.690. The Morgan fingerprint density at radius 1 is 1.26 bits per heavy atom. The first-order valence-corrected chi connectivity index (χ1v) is 8.03. The fourth-order valence-electron chi connectivity index (χ4n) is 3.73. The van der Waals surface area contributed by atoms with Gasteiger partial charge in [0.15, 0.2) is 0 Å². The van der Waals surface area contributed by atoms with E-state index < -0.39 is 0 Å². The molecule has 0 radical (unpaired) electrons. The molecule has 0 bridgehead atoms. The highest BCUT2D eigenvalue weighted by atomic mass is 16.5. The molecule has 0 spiro atoms. The number of nitrogens with one attached hydrogen (secondary N) is 1. The lowest BCUT2D eigenvalue weighted by atomic mass is 9.63. The van der Waals surface area contributed by atoms with Gasteiger partial charge in [0, 0.05) is 30.1 Å². The number of nitrogens with zero attached hydrogens (tertiary/aromatic N) is 1. The van der Waals surface area contributed by atoms with Gasteiger partial charge in [0.1, 0.15) is 0 Å². The number of rotatable bonds is 4. The molecule has 1 saturated carbocycles. The zero-order valence-corrected chi connectivity index (χ0v) is 13.5. The smallest absolute Gasteiger partial charge is 0.0655 e. The van der Waals surface area contributed by atoms with Gasteiger partial charge in [0.2, 0.25) is 0 Å². The third-order valence-corrected chi connectivity index (χ3v) is 5.44. The van der Waals surface area contributed by atoms with Gasteiger partial charge in [-0.05, 0) is 46.2 Å². The lowest BCUT2D eigenvalue weighted by molar-refractivity contribution is -0.151. The Labute approximate surface area is 119 Å². The maximum atomic E-state index is 5.88. The van der Waals surface area contributed by atoms with Crippen molar-refractivity contribution in [3.63, 3.8) is 0 Å². The summed E-state index contributed by atoms with van der Waals surface area (Å²) in [4.78, 5) is 2.72. The van der Waals surface area contributed by atoms with Gasteiger partial charge < -0.3 is 10.1 Å². The lowest BCUT2D eigenvalue weighted by Crippen LogP contribution is -2.64. The first-order valence-electron chi connectivity index (χ1n) is 8.03. The average molecular weight is 268 g/mol. The van der Waals surface area contributed by atoms with E-state index in [2.05, 4.69) is 44.8 Å². The van der Waals surface area contributed by atoms with Crippen molar-refractivity contribution in [3.05, 3.63) is 0 Å². The molecule has 2 fully saturated rings. The normalized spacial score (nSPS) is 39.6. The molecule has 2 aliphatic rings. The first kappa shape index (κ1) is 15.3. The summed E-state index contributed by atoms with van der Waals surface area (Å²) in [7, 11) is 0. The van der Waals surface area contributed by atoms with E-state index in [4.69, 9.17) is 4.74 Å². The molecule has 0 aromatic carbocycles.